The third-order valence-electron chi connectivity index (χ3n) is 12.9. The summed E-state index contributed by atoms with van der Waals surface area (Å²) in [6, 6.07) is 0. The molecule has 3 fully saturated rings. The topological polar surface area (TPSA) is 204 Å². The molecule has 0 aliphatic heterocycles. The molecule has 9 aromatic rings. The van der Waals surface area contributed by atoms with Gasteiger partial charge in [0.1, 0.15) is 0 Å². The number of hydrogen-bond acceptors (Lipinski definition) is 9. The number of H-pyrrole nitrogens is 3. The lowest BCUT2D eigenvalue weighted by Crippen LogP contribution is -2.23. The number of aryl methyl sites for hydroxylation is 3. The van der Waals surface area contributed by atoms with Crippen LogP contribution in [0.25, 0.3) is 50.7 Å². The van der Waals surface area contributed by atoms with Crippen molar-refractivity contribution in [2.45, 2.75) is 96.0 Å². The van der Waals surface area contributed by atoms with Crippen LogP contribution >= 0.6 is 0 Å². The molecule has 0 radical (unpaired) electrons. The van der Waals surface area contributed by atoms with Gasteiger partial charge in [0.15, 0.2) is 17.1 Å². The van der Waals surface area contributed by atoms with Crippen LogP contribution in [0.5, 0.6) is 0 Å². The maximum Gasteiger partial charge on any atom is 0.434 e. The van der Waals surface area contributed by atoms with Crippen LogP contribution in [0.3, 0.4) is 0 Å². The lowest BCUT2D eigenvalue weighted by molar-refractivity contribution is -0.141. The first-order valence-corrected chi connectivity index (χ1v) is 23.0. The number of nitrogens with zero attached hydrogens (tertiary/aromatic N) is 12. The van der Waals surface area contributed by atoms with Crippen LogP contribution in [0, 0.1) is 38.5 Å². The van der Waals surface area contributed by atoms with Crippen molar-refractivity contribution in [1.29, 1.82) is 0 Å². The highest BCUT2D eigenvalue weighted by Gasteiger charge is 2.58. The molecule has 3 N–H and O–H groups in total. The molecular weight excluding hydrogens is 1080 g/mol. The highest BCUT2D eigenvalue weighted by molar-refractivity contribution is 5.68. The van der Waals surface area contributed by atoms with Crippen LogP contribution in [0.4, 0.5) is 65.9 Å². The number of aromatic nitrogens is 15. The number of hydrogen-bond donors (Lipinski definition) is 3. The van der Waals surface area contributed by atoms with Crippen molar-refractivity contribution >= 4 is 17.3 Å². The van der Waals surface area contributed by atoms with Gasteiger partial charge in [-0.25, -0.2) is 41.3 Å². The molecule has 9 heterocycles. The van der Waals surface area contributed by atoms with Crippen LogP contribution < -0.4 is 16.7 Å². The fraction of sp³-hybridized carbons (Fsp3) is 0.400. The summed E-state index contributed by atoms with van der Waals surface area (Å²) in [5.74, 6) is -11.7. The van der Waals surface area contributed by atoms with Crippen LogP contribution in [0.1, 0.15) is 53.4 Å². The lowest BCUT2D eigenvalue weighted by atomic mass is 10.1. The Bertz CT molecular complexity index is 3590. The largest absolute Gasteiger partial charge is 0.434 e. The number of imidazole rings is 3. The van der Waals surface area contributed by atoms with Crippen molar-refractivity contribution in [3.05, 3.63) is 121 Å². The van der Waals surface area contributed by atoms with Crippen LogP contribution in [0.2, 0.25) is 0 Å². The van der Waals surface area contributed by atoms with Crippen LogP contribution in [-0.4, -0.2) is 90.2 Å². The minimum atomic E-state index is -4.87. The van der Waals surface area contributed by atoms with E-state index in [1.165, 1.54) is 18.6 Å². The van der Waals surface area contributed by atoms with Crippen molar-refractivity contribution in [3.63, 3.8) is 0 Å². The molecule has 0 aromatic carbocycles. The molecule has 0 amide bonds. The fourth-order valence-corrected chi connectivity index (χ4v) is 8.69. The Morgan fingerprint density at radius 3 is 0.885 bits per heavy atom. The van der Waals surface area contributed by atoms with Crippen LogP contribution in [0.15, 0.2) is 70.2 Å². The van der Waals surface area contributed by atoms with E-state index in [0.29, 0.717) is 17.1 Å². The van der Waals surface area contributed by atoms with Gasteiger partial charge >= 0.3 is 18.5 Å². The van der Waals surface area contributed by atoms with Gasteiger partial charge in [-0.05, 0) is 20.8 Å². The molecule has 414 valence electrons. The number of fused-ring (bicyclic) bond motifs is 3. The van der Waals surface area contributed by atoms with E-state index < -0.39 is 105 Å². The Morgan fingerprint density at radius 1 is 0.449 bits per heavy atom. The Labute approximate surface area is 423 Å². The molecule has 1 unspecified atom stereocenters. The number of aromatic amines is 3. The molecule has 3 atom stereocenters. The second kappa shape index (κ2) is 18.0. The van der Waals surface area contributed by atoms with Crippen LogP contribution in [-0.2, 0) is 38.2 Å². The Balaban J connectivity index is 0.000000132. The Kier molecular flexibility index (Phi) is 12.3. The van der Waals surface area contributed by atoms with E-state index in [1.54, 1.807) is 20.8 Å². The maximum absolute atomic E-state index is 13.4. The third kappa shape index (κ3) is 10.3. The summed E-state index contributed by atoms with van der Waals surface area (Å²) >= 11 is 0. The minimum Gasteiger partial charge on any atom is -0.328 e. The summed E-state index contributed by atoms with van der Waals surface area (Å²) in [7, 11) is 0. The van der Waals surface area contributed by atoms with Gasteiger partial charge < -0.3 is 15.0 Å². The first kappa shape index (κ1) is 53.2. The van der Waals surface area contributed by atoms with Gasteiger partial charge in [-0.3, -0.25) is 41.6 Å². The van der Waals surface area contributed by atoms with E-state index >= 15 is 0 Å². The number of halogens is 15. The Hall–Kier alpha value is -8.16. The zero-order valence-electron chi connectivity index (χ0n) is 39.9. The predicted molar refractivity (Wildman–Crippen MR) is 239 cm³/mol. The first-order chi connectivity index (χ1) is 36.2. The number of alkyl halides is 15. The predicted octanol–water partition coefficient (Wildman–Crippen LogP) is 8.61. The molecule has 18 nitrogen and oxygen atoms in total. The second-order valence-corrected chi connectivity index (χ2v) is 19.1. The van der Waals surface area contributed by atoms with Crippen molar-refractivity contribution in [1.82, 2.24) is 72.4 Å². The summed E-state index contributed by atoms with van der Waals surface area (Å²) < 4.78 is 205. The Morgan fingerprint density at radius 2 is 0.679 bits per heavy atom. The third-order valence-corrected chi connectivity index (χ3v) is 12.9. The first-order valence-electron chi connectivity index (χ1n) is 23.0. The van der Waals surface area contributed by atoms with Crippen molar-refractivity contribution in [2.75, 3.05) is 0 Å². The van der Waals surface area contributed by atoms with E-state index in [-0.39, 0.29) is 72.9 Å². The highest BCUT2D eigenvalue weighted by Crippen LogP contribution is 2.51. The molecule has 9 aromatic heterocycles. The monoisotopic (exact) mass is 1120 g/mol. The minimum absolute atomic E-state index is 0.118. The number of rotatable bonds is 9. The maximum atomic E-state index is 13.4. The quantitative estimate of drug-likeness (QED) is 0.118. The van der Waals surface area contributed by atoms with Gasteiger partial charge in [0.25, 0.3) is 34.4 Å². The average Bonchev–Trinajstić information content (AvgIpc) is 4.04. The fourth-order valence-electron chi connectivity index (χ4n) is 8.69. The summed E-state index contributed by atoms with van der Waals surface area (Å²) in [6.07, 6.45) is -4.79. The standard InChI is InChI=1S/3C15H12F5N5O/c3*1-7-4-25-12(26)10(11(15(18,19)20)23-13(25)22-7)8-3-21-24(5-8)6-9-2-14(9,16)17/h3*3-5,9H,2,6H2,1H3,(H,22,23)/t2*9-;/m10./s1. The van der Waals surface area contributed by atoms with Gasteiger partial charge in [-0.15, -0.1) is 0 Å². The molecule has 3 aliphatic rings. The molecular formula is C45H36F15N15O3. The van der Waals surface area contributed by atoms with E-state index in [4.69, 9.17) is 0 Å². The van der Waals surface area contributed by atoms with Crippen molar-refractivity contribution in [2.24, 2.45) is 17.8 Å². The summed E-state index contributed by atoms with van der Waals surface area (Å²) in [5, 5.41) is 11.5. The molecule has 0 bridgehead atoms. The molecule has 12 rings (SSSR count). The van der Waals surface area contributed by atoms with Gasteiger partial charge in [0.2, 0.25) is 17.3 Å². The lowest BCUT2D eigenvalue weighted by Gasteiger charge is -2.10. The molecule has 3 saturated carbocycles. The number of nitrogens with one attached hydrogen (secondary N) is 3. The molecule has 33 heteroatoms. The van der Waals surface area contributed by atoms with Gasteiger partial charge in [-0.2, -0.15) is 54.8 Å². The van der Waals surface area contributed by atoms with Crippen molar-refractivity contribution in [3.8, 4) is 33.4 Å². The van der Waals surface area contributed by atoms with Gasteiger partial charge in [-0.1, -0.05) is 0 Å². The molecule has 0 saturated heterocycles. The summed E-state index contributed by atoms with van der Waals surface area (Å²) in [6.45, 7) is 4.34. The molecule has 78 heavy (non-hydrogen) atoms. The zero-order valence-corrected chi connectivity index (χ0v) is 39.9. The zero-order chi connectivity index (χ0) is 56.6. The smallest absolute Gasteiger partial charge is 0.328 e. The second-order valence-electron chi connectivity index (χ2n) is 19.1. The van der Waals surface area contributed by atoms with E-state index in [0.717, 1.165) is 64.4 Å². The van der Waals surface area contributed by atoms with E-state index in [1.807, 2.05) is 0 Å². The van der Waals surface area contributed by atoms with Crippen molar-refractivity contribution < 1.29 is 65.9 Å². The summed E-state index contributed by atoms with van der Waals surface area (Å²) in [4.78, 5) is 56.2. The van der Waals surface area contributed by atoms with E-state index in [2.05, 4.69) is 45.2 Å². The molecule has 0 spiro atoms. The normalized spacial score (nSPS) is 19.2. The van der Waals surface area contributed by atoms with Gasteiger partial charge in [0.05, 0.1) is 35.3 Å². The molecule has 3 aliphatic carbocycles. The van der Waals surface area contributed by atoms with E-state index in [9.17, 15) is 80.2 Å². The van der Waals surface area contributed by atoms with Gasteiger partial charge in [0, 0.05) is 128 Å². The average molecular weight is 1120 g/mol. The summed E-state index contributed by atoms with van der Waals surface area (Å²) in [5.41, 5.74) is -7.74. The SMILES string of the molecule is Cc1cn2c(=O)c(-c3cnn(CC4CC4(F)F)c3)c(C(F)(F)F)nc2[nH]1.Cc1cn2c(=O)c(-c3cnn(C[C@@H]4CC4(F)F)c3)c(C(F)(F)F)nc2[nH]1.Cc1cn2c(=O)c(-c3cnn(C[C@H]4CC4(F)F)c3)c(C(F)(F)F)nc2[nH]1. The highest BCUT2D eigenvalue weighted by atomic mass is 19.4.